The van der Waals surface area contributed by atoms with Crippen molar-refractivity contribution in [3.8, 4) is 22.3 Å². The van der Waals surface area contributed by atoms with E-state index in [0.717, 1.165) is 28.4 Å². The minimum atomic E-state index is 0.0459. The zero-order valence-electron chi connectivity index (χ0n) is 21.4. The summed E-state index contributed by atoms with van der Waals surface area (Å²) in [5.41, 5.74) is 21.6. The van der Waals surface area contributed by atoms with Crippen LogP contribution in [0.15, 0.2) is 97.1 Å². The maximum atomic E-state index is 6.27. The molecule has 5 rings (SSSR count). The number of benzene rings is 4. The van der Waals surface area contributed by atoms with Gasteiger partial charge in [0.05, 0.1) is 0 Å². The largest absolute Gasteiger partial charge is 0.398 e. The van der Waals surface area contributed by atoms with Gasteiger partial charge in [-0.1, -0.05) is 111 Å². The molecular weight excluding hydrogens is 436 g/mol. The van der Waals surface area contributed by atoms with Crippen LogP contribution < -0.4 is 11.5 Å². The molecule has 2 heteroatoms. The molecule has 36 heavy (non-hydrogen) atoms. The Bertz CT molecular complexity index is 1190. The summed E-state index contributed by atoms with van der Waals surface area (Å²) in [5.74, 6) is 0.852. The zero-order valence-corrected chi connectivity index (χ0v) is 21.4. The second-order valence-electron chi connectivity index (χ2n) is 10.5. The molecule has 2 nitrogen and oxygen atoms in total. The molecule has 0 radical (unpaired) electrons. The summed E-state index contributed by atoms with van der Waals surface area (Å²) in [6.45, 7) is 2.30. The number of anilines is 2. The van der Waals surface area contributed by atoms with Gasteiger partial charge >= 0.3 is 0 Å². The molecule has 4 aromatic carbocycles. The summed E-state index contributed by atoms with van der Waals surface area (Å²) in [7, 11) is 0. The van der Waals surface area contributed by atoms with Crippen LogP contribution in [0.5, 0.6) is 0 Å². The van der Waals surface area contributed by atoms with Crippen LogP contribution in [-0.2, 0) is 5.41 Å². The fourth-order valence-electron chi connectivity index (χ4n) is 6.15. The van der Waals surface area contributed by atoms with Gasteiger partial charge < -0.3 is 11.5 Å². The number of para-hydroxylation sites is 2. The van der Waals surface area contributed by atoms with Crippen LogP contribution in [0.2, 0.25) is 0 Å². The fraction of sp³-hybridized carbons (Fsp3) is 0.294. The Morgan fingerprint density at radius 2 is 1.08 bits per heavy atom. The molecule has 0 unspecified atom stereocenters. The van der Waals surface area contributed by atoms with Gasteiger partial charge in [-0.25, -0.2) is 0 Å². The Hall–Kier alpha value is -3.52. The molecular formula is C34H38N2. The standard InChI is InChI=1S/C34H38N2/c1-2-3-8-25-21-23-34(24-22-25,28-17-13-26(14-18-28)30-9-4-6-11-32(30)35)29-19-15-27(16-20-29)31-10-5-7-12-33(31)36/h4-7,9-20,25H,2-3,8,21-24,35-36H2,1H3. The molecule has 4 aromatic rings. The van der Waals surface area contributed by atoms with E-state index in [1.165, 1.54) is 67.2 Å². The molecule has 0 atom stereocenters. The molecule has 184 valence electrons. The van der Waals surface area contributed by atoms with Crippen molar-refractivity contribution in [3.63, 3.8) is 0 Å². The smallest absolute Gasteiger partial charge is 0.0393 e. The average molecular weight is 475 g/mol. The lowest BCUT2D eigenvalue weighted by Gasteiger charge is -2.42. The van der Waals surface area contributed by atoms with Gasteiger partial charge in [-0.05, 0) is 66.0 Å². The van der Waals surface area contributed by atoms with Crippen molar-refractivity contribution in [2.24, 2.45) is 5.92 Å². The zero-order chi connectivity index (χ0) is 25.0. The van der Waals surface area contributed by atoms with Crippen molar-refractivity contribution in [3.05, 3.63) is 108 Å². The van der Waals surface area contributed by atoms with E-state index in [1.807, 2.05) is 24.3 Å². The molecule has 1 fully saturated rings. The maximum absolute atomic E-state index is 6.27. The van der Waals surface area contributed by atoms with Crippen LogP contribution in [0.25, 0.3) is 22.3 Å². The molecule has 0 saturated heterocycles. The molecule has 0 amide bonds. The number of nitrogens with two attached hydrogens (primary N) is 2. The highest BCUT2D eigenvalue weighted by atomic mass is 14.6. The molecule has 0 heterocycles. The Morgan fingerprint density at radius 3 is 1.50 bits per heavy atom. The predicted octanol–water partition coefficient (Wildman–Crippen LogP) is 8.85. The molecule has 1 saturated carbocycles. The molecule has 0 spiro atoms. The van der Waals surface area contributed by atoms with E-state index in [1.54, 1.807) is 0 Å². The third kappa shape index (κ3) is 4.78. The Balaban J connectivity index is 1.49. The predicted molar refractivity (Wildman–Crippen MR) is 155 cm³/mol. The summed E-state index contributed by atoms with van der Waals surface area (Å²) >= 11 is 0. The summed E-state index contributed by atoms with van der Waals surface area (Å²) in [4.78, 5) is 0. The lowest BCUT2D eigenvalue weighted by atomic mass is 9.62. The van der Waals surface area contributed by atoms with Gasteiger partial charge in [-0.15, -0.1) is 0 Å². The first-order valence-electron chi connectivity index (χ1n) is 13.5. The first kappa shape index (κ1) is 24.2. The van der Waals surface area contributed by atoms with Crippen LogP contribution in [0, 0.1) is 5.92 Å². The van der Waals surface area contributed by atoms with Gasteiger partial charge in [-0.3, -0.25) is 0 Å². The molecule has 0 bridgehead atoms. The van der Waals surface area contributed by atoms with E-state index in [-0.39, 0.29) is 5.41 Å². The minimum Gasteiger partial charge on any atom is -0.398 e. The Labute approximate surface area is 216 Å². The highest BCUT2D eigenvalue weighted by molar-refractivity contribution is 5.77. The SMILES string of the molecule is CCCCC1CCC(c2ccc(-c3ccccc3N)cc2)(c2ccc(-c3ccccc3N)cc2)CC1. The monoisotopic (exact) mass is 474 g/mol. The number of unbranched alkanes of at least 4 members (excludes halogenated alkanes) is 1. The van der Waals surface area contributed by atoms with Gasteiger partial charge in [-0.2, -0.15) is 0 Å². The van der Waals surface area contributed by atoms with Crippen LogP contribution in [0.3, 0.4) is 0 Å². The van der Waals surface area contributed by atoms with E-state index in [2.05, 4.69) is 79.7 Å². The summed E-state index contributed by atoms with van der Waals surface area (Å²) in [6, 6.07) is 34.7. The van der Waals surface area contributed by atoms with Gasteiger partial charge in [0.15, 0.2) is 0 Å². The lowest BCUT2D eigenvalue weighted by molar-refractivity contribution is 0.251. The second kappa shape index (κ2) is 10.6. The van der Waals surface area contributed by atoms with E-state index >= 15 is 0 Å². The van der Waals surface area contributed by atoms with Crippen LogP contribution >= 0.6 is 0 Å². The Morgan fingerprint density at radius 1 is 0.639 bits per heavy atom. The average Bonchev–Trinajstić information content (AvgIpc) is 2.93. The second-order valence-corrected chi connectivity index (χ2v) is 10.5. The maximum Gasteiger partial charge on any atom is 0.0393 e. The van der Waals surface area contributed by atoms with Crippen molar-refractivity contribution in [1.82, 2.24) is 0 Å². The van der Waals surface area contributed by atoms with Gasteiger partial charge in [0, 0.05) is 27.9 Å². The van der Waals surface area contributed by atoms with Crippen molar-refractivity contribution in [1.29, 1.82) is 0 Å². The van der Waals surface area contributed by atoms with E-state index < -0.39 is 0 Å². The summed E-state index contributed by atoms with van der Waals surface area (Å²) in [5, 5.41) is 0. The van der Waals surface area contributed by atoms with Gasteiger partial charge in [0.25, 0.3) is 0 Å². The fourth-order valence-corrected chi connectivity index (χ4v) is 6.15. The normalized spacial score (nSPS) is 15.6. The van der Waals surface area contributed by atoms with Gasteiger partial charge in [0.2, 0.25) is 0 Å². The molecule has 0 aromatic heterocycles. The van der Waals surface area contributed by atoms with Crippen LogP contribution in [-0.4, -0.2) is 0 Å². The Kier molecular flexibility index (Phi) is 7.13. The first-order valence-corrected chi connectivity index (χ1v) is 13.5. The molecule has 1 aliphatic carbocycles. The quantitative estimate of drug-likeness (QED) is 0.263. The van der Waals surface area contributed by atoms with Crippen molar-refractivity contribution in [2.75, 3.05) is 11.5 Å². The number of hydrogen-bond acceptors (Lipinski definition) is 2. The topological polar surface area (TPSA) is 52.0 Å². The van der Waals surface area contributed by atoms with E-state index in [9.17, 15) is 0 Å². The third-order valence-electron chi connectivity index (χ3n) is 8.34. The van der Waals surface area contributed by atoms with Crippen molar-refractivity contribution >= 4 is 11.4 Å². The molecule has 1 aliphatic rings. The molecule has 4 N–H and O–H groups in total. The van der Waals surface area contributed by atoms with Gasteiger partial charge in [0.1, 0.15) is 0 Å². The van der Waals surface area contributed by atoms with Crippen LogP contribution in [0.1, 0.15) is 63.0 Å². The van der Waals surface area contributed by atoms with Crippen molar-refractivity contribution < 1.29 is 0 Å². The van der Waals surface area contributed by atoms with E-state index in [4.69, 9.17) is 11.5 Å². The lowest BCUT2D eigenvalue weighted by Crippen LogP contribution is -2.33. The van der Waals surface area contributed by atoms with Crippen LogP contribution in [0.4, 0.5) is 11.4 Å². The minimum absolute atomic E-state index is 0.0459. The summed E-state index contributed by atoms with van der Waals surface area (Å²) in [6.07, 6.45) is 8.97. The number of nitrogen functional groups attached to an aromatic ring is 2. The third-order valence-corrected chi connectivity index (χ3v) is 8.34. The first-order chi connectivity index (χ1) is 17.6. The highest BCUT2D eigenvalue weighted by Crippen LogP contribution is 2.48. The summed E-state index contributed by atoms with van der Waals surface area (Å²) < 4.78 is 0. The number of rotatable bonds is 7. The highest BCUT2D eigenvalue weighted by Gasteiger charge is 2.38. The number of hydrogen-bond donors (Lipinski definition) is 2. The van der Waals surface area contributed by atoms with Crippen molar-refractivity contribution in [2.45, 2.75) is 57.3 Å². The van der Waals surface area contributed by atoms with E-state index in [0.29, 0.717) is 0 Å². The molecule has 0 aliphatic heterocycles.